The van der Waals surface area contributed by atoms with Crippen molar-refractivity contribution in [2.45, 2.75) is 13.3 Å². The van der Waals surface area contributed by atoms with Crippen molar-refractivity contribution >= 4 is 27.9 Å². The van der Waals surface area contributed by atoms with Gasteiger partial charge in [-0.15, -0.1) is 0 Å². The van der Waals surface area contributed by atoms with Crippen molar-refractivity contribution in [2.24, 2.45) is 0 Å². The highest BCUT2D eigenvalue weighted by atomic mass is 79.9. The molecule has 0 bridgehead atoms. The third-order valence-corrected chi connectivity index (χ3v) is 4.34. The van der Waals surface area contributed by atoms with Crippen molar-refractivity contribution in [3.8, 4) is 17.2 Å². The Morgan fingerprint density at radius 3 is 2.52 bits per heavy atom. The van der Waals surface area contributed by atoms with Crippen LogP contribution >= 0.6 is 15.9 Å². The number of nitrogens with one attached hydrogen (secondary N) is 1. The maximum atomic E-state index is 12.1. The second kappa shape index (κ2) is 10.6. The average Bonchev–Trinajstić information content (AvgIpc) is 2.68. The first kappa shape index (κ1) is 20.8. The van der Waals surface area contributed by atoms with E-state index >= 15 is 0 Å². The zero-order valence-corrected chi connectivity index (χ0v) is 17.3. The van der Waals surface area contributed by atoms with Crippen molar-refractivity contribution in [2.75, 3.05) is 27.4 Å². The Morgan fingerprint density at radius 2 is 1.81 bits per heavy atom. The van der Waals surface area contributed by atoms with E-state index in [1.807, 2.05) is 43.3 Å². The molecule has 2 aromatic rings. The number of halogens is 1. The predicted octanol–water partition coefficient (Wildman–Crippen LogP) is 4.24. The SMILES string of the molecule is CCOc1ccc(Br)cc1/C=C/C(=O)NCCc1ccc(OC)c(OC)c1. The number of hydrogen-bond acceptors (Lipinski definition) is 4. The van der Waals surface area contributed by atoms with Crippen LogP contribution in [-0.2, 0) is 11.2 Å². The van der Waals surface area contributed by atoms with Gasteiger partial charge in [-0.1, -0.05) is 22.0 Å². The number of carbonyl (C=O) groups is 1. The molecular formula is C21H24BrNO4. The predicted molar refractivity (Wildman–Crippen MR) is 111 cm³/mol. The third kappa shape index (κ3) is 6.32. The number of hydrogen-bond donors (Lipinski definition) is 1. The van der Waals surface area contributed by atoms with Gasteiger partial charge in [0.25, 0.3) is 0 Å². The van der Waals surface area contributed by atoms with Crippen LogP contribution in [0.4, 0.5) is 0 Å². The Kier molecular flexibility index (Phi) is 8.20. The molecule has 1 N–H and O–H groups in total. The minimum Gasteiger partial charge on any atom is -0.493 e. The number of rotatable bonds is 9. The standard InChI is InChI=1S/C21H24BrNO4/c1-4-27-18-9-7-17(22)14-16(18)6-10-21(24)23-12-11-15-5-8-19(25-2)20(13-15)26-3/h5-10,13-14H,4,11-12H2,1-3H3,(H,23,24)/b10-6+. The molecule has 0 fully saturated rings. The summed E-state index contributed by atoms with van der Waals surface area (Å²) in [7, 11) is 3.21. The number of carbonyl (C=O) groups excluding carboxylic acids is 1. The van der Waals surface area contributed by atoms with Crippen molar-refractivity contribution in [1.82, 2.24) is 5.32 Å². The smallest absolute Gasteiger partial charge is 0.244 e. The van der Waals surface area contributed by atoms with Gasteiger partial charge in [-0.05, 0) is 55.3 Å². The van der Waals surface area contributed by atoms with Crippen LogP contribution in [0.3, 0.4) is 0 Å². The molecule has 0 heterocycles. The van der Waals surface area contributed by atoms with E-state index < -0.39 is 0 Å². The van der Waals surface area contributed by atoms with Crippen LogP contribution in [0.25, 0.3) is 6.08 Å². The molecule has 0 atom stereocenters. The van der Waals surface area contributed by atoms with Crippen LogP contribution in [0, 0.1) is 0 Å². The minimum atomic E-state index is -0.155. The lowest BCUT2D eigenvalue weighted by atomic mass is 10.1. The Hall–Kier alpha value is -2.47. The molecule has 0 aliphatic carbocycles. The summed E-state index contributed by atoms with van der Waals surface area (Å²) < 4.78 is 17.0. The molecular weight excluding hydrogens is 410 g/mol. The summed E-state index contributed by atoms with van der Waals surface area (Å²) in [5.41, 5.74) is 1.91. The summed E-state index contributed by atoms with van der Waals surface area (Å²) in [5, 5.41) is 2.88. The van der Waals surface area contributed by atoms with Gasteiger partial charge in [-0.3, -0.25) is 4.79 Å². The highest BCUT2D eigenvalue weighted by molar-refractivity contribution is 9.10. The van der Waals surface area contributed by atoms with E-state index in [-0.39, 0.29) is 5.91 Å². The first-order valence-electron chi connectivity index (χ1n) is 8.66. The Balaban J connectivity index is 1.91. The molecule has 0 aliphatic rings. The van der Waals surface area contributed by atoms with Crippen molar-refractivity contribution < 1.29 is 19.0 Å². The Labute approximate surface area is 168 Å². The van der Waals surface area contributed by atoms with E-state index in [2.05, 4.69) is 21.2 Å². The monoisotopic (exact) mass is 433 g/mol. The van der Waals surface area contributed by atoms with Crippen LogP contribution in [0.1, 0.15) is 18.1 Å². The molecule has 1 amide bonds. The van der Waals surface area contributed by atoms with Crippen molar-refractivity contribution in [3.05, 3.63) is 58.1 Å². The normalized spacial score (nSPS) is 10.7. The molecule has 0 aromatic heterocycles. The lowest BCUT2D eigenvalue weighted by molar-refractivity contribution is -0.116. The Morgan fingerprint density at radius 1 is 1.07 bits per heavy atom. The van der Waals surface area contributed by atoms with Gasteiger partial charge in [0.15, 0.2) is 11.5 Å². The topological polar surface area (TPSA) is 56.8 Å². The second-order valence-corrected chi connectivity index (χ2v) is 6.59. The highest BCUT2D eigenvalue weighted by Crippen LogP contribution is 2.27. The van der Waals surface area contributed by atoms with Crippen molar-refractivity contribution in [3.63, 3.8) is 0 Å². The average molecular weight is 434 g/mol. The van der Waals surface area contributed by atoms with E-state index in [9.17, 15) is 4.79 Å². The van der Waals surface area contributed by atoms with Crippen LogP contribution in [0.15, 0.2) is 46.9 Å². The van der Waals surface area contributed by atoms with E-state index in [0.717, 1.165) is 21.3 Å². The van der Waals surface area contributed by atoms with Gasteiger partial charge < -0.3 is 19.5 Å². The molecule has 5 nitrogen and oxygen atoms in total. The molecule has 2 rings (SSSR count). The van der Waals surface area contributed by atoms with E-state index in [1.165, 1.54) is 6.08 Å². The molecule has 2 aromatic carbocycles. The first-order chi connectivity index (χ1) is 13.1. The number of amides is 1. The maximum Gasteiger partial charge on any atom is 0.244 e. The zero-order valence-electron chi connectivity index (χ0n) is 15.8. The van der Waals surface area contributed by atoms with Gasteiger partial charge in [0.1, 0.15) is 5.75 Å². The largest absolute Gasteiger partial charge is 0.493 e. The number of methoxy groups -OCH3 is 2. The fourth-order valence-electron chi connectivity index (χ4n) is 2.53. The zero-order chi connectivity index (χ0) is 19.6. The van der Waals surface area contributed by atoms with Gasteiger partial charge in [0.05, 0.1) is 20.8 Å². The summed E-state index contributed by atoms with van der Waals surface area (Å²) in [6.07, 6.45) is 3.96. The van der Waals surface area contributed by atoms with Gasteiger partial charge in [-0.25, -0.2) is 0 Å². The molecule has 0 saturated carbocycles. The Bertz CT molecular complexity index is 805. The fraction of sp³-hybridized carbons (Fsp3) is 0.286. The van der Waals surface area contributed by atoms with Gasteiger partial charge in [-0.2, -0.15) is 0 Å². The summed E-state index contributed by atoms with van der Waals surface area (Å²) in [6, 6.07) is 11.4. The second-order valence-electron chi connectivity index (χ2n) is 5.68. The van der Waals surface area contributed by atoms with E-state index in [1.54, 1.807) is 20.3 Å². The fourth-order valence-corrected chi connectivity index (χ4v) is 2.91. The van der Waals surface area contributed by atoms with Crippen LogP contribution < -0.4 is 19.5 Å². The summed E-state index contributed by atoms with van der Waals surface area (Å²) in [5.74, 6) is 1.96. The lowest BCUT2D eigenvalue weighted by Gasteiger charge is -2.10. The van der Waals surface area contributed by atoms with Crippen molar-refractivity contribution in [1.29, 1.82) is 0 Å². The quantitative estimate of drug-likeness (QED) is 0.600. The molecule has 6 heteroatoms. The van der Waals surface area contributed by atoms with E-state index in [0.29, 0.717) is 31.1 Å². The van der Waals surface area contributed by atoms with Gasteiger partial charge in [0.2, 0.25) is 5.91 Å². The van der Waals surface area contributed by atoms with Crippen LogP contribution in [0.2, 0.25) is 0 Å². The molecule has 0 spiro atoms. The molecule has 0 aliphatic heterocycles. The number of benzene rings is 2. The van der Waals surface area contributed by atoms with Gasteiger partial charge in [0, 0.05) is 22.7 Å². The molecule has 0 saturated heterocycles. The maximum absolute atomic E-state index is 12.1. The summed E-state index contributed by atoms with van der Waals surface area (Å²) in [6.45, 7) is 3.02. The van der Waals surface area contributed by atoms with Gasteiger partial charge >= 0.3 is 0 Å². The van der Waals surface area contributed by atoms with Crippen LogP contribution in [0.5, 0.6) is 17.2 Å². The summed E-state index contributed by atoms with van der Waals surface area (Å²) >= 11 is 3.44. The lowest BCUT2D eigenvalue weighted by Crippen LogP contribution is -2.23. The number of ether oxygens (including phenoxy) is 3. The molecule has 0 radical (unpaired) electrons. The van der Waals surface area contributed by atoms with E-state index in [4.69, 9.17) is 14.2 Å². The third-order valence-electron chi connectivity index (χ3n) is 3.85. The molecule has 27 heavy (non-hydrogen) atoms. The summed E-state index contributed by atoms with van der Waals surface area (Å²) in [4.78, 5) is 12.1. The first-order valence-corrected chi connectivity index (χ1v) is 9.45. The van der Waals surface area contributed by atoms with Crippen LogP contribution in [-0.4, -0.2) is 33.3 Å². The molecule has 144 valence electrons. The minimum absolute atomic E-state index is 0.155. The molecule has 0 unspecified atom stereocenters. The highest BCUT2D eigenvalue weighted by Gasteiger charge is 2.05.